The van der Waals surface area contributed by atoms with E-state index in [1.807, 2.05) is 31.3 Å². The highest BCUT2D eigenvalue weighted by atomic mass is 16.2. The van der Waals surface area contributed by atoms with Gasteiger partial charge in [0.1, 0.15) is 0 Å². The summed E-state index contributed by atoms with van der Waals surface area (Å²) in [5.74, 6) is 0.688. The second kappa shape index (κ2) is 7.28. The average molecular weight is 446 g/mol. The molecule has 2 fully saturated rings. The number of aryl methyl sites for hydroxylation is 2. The molecule has 2 amide bonds. The van der Waals surface area contributed by atoms with Gasteiger partial charge in [0.15, 0.2) is 5.82 Å². The minimum Gasteiger partial charge on any atom is -0.335 e. The van der Waals surface area contributed by atoms with Crippen molar-refractivity contribution in [1.29, 1.82) is 0 Å². The zero-order chi connectivity index (χ0) is 22.7. The maximum absolute atomic E-state index is 12.6. The number of H-pyrrole nitrogens is 1. The number of nitrogens with one attached hydrogen (secondary N) is 1. The summed E-state index contributed by atoms with van der Waals surface area (Å²) in [7, 11) is 3.69. The maximum atomic E-state index is 12.6. The maximum Gasteiger partial charge on any atom is 0.289 e. The molecule has 170 valence electrons. The third-order valence-corrected chi connectivity index (χ3v) is 7.29. The van der Waals surface area contributed by atoms with E-state index in [4.69, 9.17) is 0 Å². The first-order chi connectivity index (χ1) is 15.9. The number of nitrogens with zero attached hydrogens (tertiary/aromatic N) is 6. The summed E-state index contributed by atoms with van der Waals surface area (Å²) < 4.78 is 1.78. The topological polar surface area (TPSA) is 90.4 Å². The summed E-state index contributed by atoms with van der Waals surface area (Å²) in [6, 6.07) is 6.28. The molecule has 6 rings (SSSR count). The molecule has 0 radical (unpaired) electrons. The lowest BCUT2D eigenvalue weighted by atomic mass is 9.72. The number of benzene rings is 1. The lowest BCUT2D eigenvalue weighted by Crippen LogP contribution is -2.72. The number of imidazole rings is 1. The fourth-order valence-corrected chi connectivity index (χ4v) is 5.57. The van der Waals surface area contributed by atoms with E-state index < -0.39 is 0 Å². The smallest absolute Gasteiger partial charge is 0.289 e. The van der Waals surface area contributed by atoms with Crippen molar-refractivity contribution in [2.24, 2.45) is 12.5 Å². The van der Waals surface area contributed by atoms with Gasteiger partial charge in [-0.2, -0.15) is 5.10 Å². The fourth-order valence-electron chi connectivity index (χ4n) is 5.57. The number of hydrogen-bond donors (Lipinski definition) is 1. The largest absolute Gasteiger partial charge is 0.335 e. The zero-order valence-electron chi connectivity index (χ0n) is 18.9. The first-order valence-corrected chi connectivity index (χ1v) is 11.3. The van der Waals surface area contributed by atoms with Crippen LogP contribution in [0.4, 0.5) is 5.69 Å². The summed E-state index contributed by atoms with van der Waals surface area (Å²) in [6.45, 7) is 4.39. The Morgan fingerprint density at radius 1 is 1.15 bits per heavy atom. The first kappa shape index (κ1) is 20.2. The van der Waals surface area contributed by atoms with Crippen LogP contribution in [0.15, 0.2) is 36.8 Å². The van der Waals surface area contributed by atoms with E-state index in [0.717, 1.165) is 56.1 Å². The lowest BCUT2D eigenvalue weighted by molar-refractivity contribution is -0.118. The van der Waals surface area contributed by atoms with Gasteiger partial charge in [-0.15, -0.1) is 0 Å². The van der Waals surface area contributed by atoms with E-state index in [0.29, 0.717) is 12.2 Å². The number of amides is 2. The number of aromatic nitrogens is 4. The molecule has 2 aromatic heterocycles. The second-order valence-electron chi connectivity index (χ2n) is 9.73. The Morgan fingerprint density at radius 3 is 2.73 bits per heavy atom. The Morgan fingerprint density at radius 2 is 1.97 bits per heavy atom. The van der Waals surface area contributed by atoms with Crippen molar-refractivity contribution >= 4 is 17.5 Å². The normalized spacial score (nSPS) is 19.4. The molecule has 3 aliphatic heterocycles. The van der Waals surface area contributed by atoms with Crippen molar-refractivity contribution in [3.8, 4) is 11.3 Å². The molecule has 2 saturated heterocycles. The molecule has 9 nitrogen and oxygen atoms in total. The Balaban J connectivity index is 1.10. The molecule has 1 aromatic carbocycles. The van der Waals surface area contributed by atoms with Crippen molar-refractivity contribution in [1.82, 2.24) is 29.5 Å². The molecule has 1 spiro atoms. The number of aromatic amines is 1. The molecule has 0 bridgehead atoms. The van der Waals surface area contributed by atoms with Crippen LogP contribution in [-0.2, 0) is 24.8 Å². The van der Waals surface area contributed by atoms with Crippen LogP contribution in [0.1, 0.15) is 28.2 Å². The van der Waals surface area contributed by atoms with E-state index in [1.165, 1.54) is 11.1 Å². The molecular formula is C24H27N7O2. The van der Waals surface area contributed by atoms with E-state index in [1.54, 1.807) is 21.9 Å². The third kappa shape index (κ3) is 3.26. The molecule has 33 heavy (non-hydrogen) atoms. The van der Waals surface area contributed by atoms with Crippen LogP contribution in [0.5, 0.6) is 0 Å². The molecule has 1 N–H and O–H groups in total. The van der Waals surface area contributed by atoms with Gasteiger partial charge in [-0.1, -0.05) is 6.07 Å². The zero-order valence-corrected chi connectivity index (χ0v) is 18.9. The quantitative estimate of drug-likeness (QED) is 0.660. The number of carbonyl (C=O) groups excluding carboxylic acids is 2. The third-order valence-electron chi connectivity index (χ3n) is 7.29. The molecule has 5 heterocycles. The van der Waals surface area contributed by atoms with Crippen molar-refractivity contribution in [3.63, 3.8) is 0 Å². The van der Waals surface area contributed by atoms with Gasteiger partial charge in [-0.25, -0.2) is 4.98 Å². The van der Waals surface area contributed by atoms with Crippen LogP contribution in [0.2, 0.25) is 0 Å². The Labute approximate surface area is 192 Å². The Hall–Kier alpha value is -3.46. The first-order valence-electron chi connectivity index (χ1n) is 11.3. The van der Waals surface area contributed by atoms with Gasteiger partial charge < -0.3 is 14.4 Å². The molecule has 0 atom stereocenters. The molecule has 9 heteroatoms. The van der Waals surface area contributed by atoms with Crippen LogP contribution in [-0.4, -0.2) is 74.6 Å². The Kier molecular flexibility index (Phi) is 4.45. The summed E-state index contributed by atoms with van der Waals surface area (Å²) >= 11 is 0. The molecule has 0 aliphatic carbocycles. The summed E-state index contributed by atoms with van der Waals surface area (Å²) in [4.78, 5) is 34.8. The number of rotatable bonds is 4. The second-order valence-corrected chi connectivity index (χ2v) is 9.73. The van der Waals surface area contributed by atoms with Gasteiger partial charge in [0.25, 0.3) is 5.91 Å². The highest BCUT2D eigenvalue weighted by Crippen LogP contribution is 2.41. The van der Waals surface area contributed by atoms with Crippen molar-refractivity contribution < 1.29 is 9.59 Å². The van der Waals surface area contributed by atoms with Crippen LogP contribution in [0.25, 0.3) is 11.3 Å². The minimum absolute atomic E-state index is 0.0171. The number of hydrogen-bond acceptors (Lipinski definition) is 5. The lowest BCUT2D eigenvalue weighted by Gasteiger charge is -2.60. The van der Waals surface area contributed by atoms with Crippen LogP contribution in [0, 0.1) is 5.41 Å². The van der Waals surface area contributed by atoms with Gasteiger partial charge in [0, 0.05) is 87.9 Å². The standard InChI is InChI=1S/C24H27N7O2/c1-28-8-7-25-22(28)23(33)31-14-24(15-31)12-30(13-24)11-18-10-26-27-21(18)17-3-5-19-16(9-17)4-6-20(32)29(19)2/h3,5,7-10H,4,6,11-15H2,1-2H3,(H,26,27). The summed E-state index contributed by atoms with van der Waals surface area (Å²) in [5, 5.41) is 7.49. The highest BCUT2D eigenvalue weighted by molar-refractivity contribution is 5.96. The van der Waals surface area contributed by atoms with E-state index in [-0.39, 0.29) is 17.2 Å². The van der Waals surface area contributed by atoms with Gasteiger partial charge in [-0.05, 0) is 24.1 Å². The number of likely N-dealkylation sites (tertiary alicyclic amines) is 2. The Bertz CT molecular complexity index is 1250. The van der Waals surface area contributed by atoms with Crippen molar-refractivity contribution in [2.75, 3.05) is 38.1 Å². The number of carbonyl (C=O) groups is 2. The number of fused-ring (bicyclic) bond motifs is 1. The highest BCUT2D eigenvalue weighted by Gasteiger charge is 2.53. The van der Waals surface area contributed by atoms with E-state index in [2.05, 4.69) is 32.2 Å². The van der Waals surface area contributed by atoms with Gasteiger partial charge >= 0.3 is 0 Å². The van der Waals surface area contributed by atoms with Crippen LogP contribution >= 0.6 is 0 Å². The minimum atomic E-state index is 0.0171. The van der Waals surface area contributed by atoms with Crippen molar-refractivity contribution in [3.05, 3.63) is 53.7 Å². The average Bonchev–Trinajstić information content (AvgIpc) is 3.39. The molecule has 3 aliphatic rings. The van der Waals surface area contributed by atoms with E-state index in [9.17, 15) is 9.59 Å². The van der Waals surface area contributed by atoms with Crippen molar-refractivity contribution in [2.45, 2.75) is 19.4 Å². The van der Waals surface area contributed by atoms with Crippen LogP contribution in [0.3, 0.4) is 0 Å². The summed E-state index contributed by atoms with van der Waals surface area (Å²) in [5.41, 5.74) is 5.73. The monoisotopic (exact) mass is 445 g/mol. The summed E-state index contributed by atoms with van der Waals surface area (Å²) in [6.07, 6.45) is 6.71. The fraction of sp³-hybridized carbons (Fsp3) is 0.417. The predicted molar refractivity (Wildman–Crippen MR) is 123 cm³/mol. The molecular weight excluding hydrogens is 418 g/mol. The molecule has 3 aromatic rings. The van der Waals surface area contributed by atoms with Gasteiger partial charge in [0.05, 0.1) is 11.9 Å². The molecule has 0 unspecified atom stereocenters. The van der Waals surface area contributed by atoms with Gasteiger partial charge in [0.2, 0.25) is 5.91 Å². The SMILES string of the molecule is CN1C(=O)CCc2cc(-c3[nH]ncc3CN3CC4(C3)CN(C(=O)c3nccn3C)C4)ccc21. The molecule has 0 saturated carbocycles. The van der Waals surface area contributed by atoms with E-state index >= 15 is 0 Å². The van der Waals surface area contributed by atoms with Crippen LogP contribution < -0.4 is 4.90 Å². The number of anilines is 1. The predicted octanol–water partition coefficient (Wildman–Crippen LogP) is 1.68. The van der Waals surface area contributed by atoms with Gasteiger partial charge in [-0.3, -0.25) is 19.6 Å².